The van der Waals surface area contributed by atoms with E-state index in [0.717, 1.165) is 32.5 Å². The zero-order valence-electron chi connectivity index (χ0n) is 13.5. The van der Waals surface area contributed by atoms with Crippen LogP contribution in [0.25, 0.3) is 16.2 Å². The van der Waals surface area contributed by atoms with Crippen molar-refractivity contribution in [3.63, 3.8) is 0 Å². The minimum absolute atomic E-state index is 0.0806. The fraction of sp³-hybridized carbons (Fsp3) is 0.294. The van der Waals surface area contributed by atoms with Crippen molar-refractivity contribution in [2.75, 3.05) is 18.8 Å². The fourth-order valence-electron chi connectivity index (χ4n) is 2.60. The Hall–Kier alpha value is -2.34. The normalized spacial score (nSPS) is 11.1. The molecule has 0 bridgehead atoms. The van der Waals surface area contributed by atoms with Crippen LogP contribution in [0, 0.1) is 6.92 Å². The third-order valence-corrected chi connectivity index (χ3v) is 5.15. The SMILES string of the molecule is CCN(CC)C(=O)c1sc2nc(-c3ccc(N)cc3)cn2c1C. The average molecular weight is 328 g/mol. The van der Waals surface area contributed by atoms with Gasteiger partial charge >= 0.3 is 0 Å². The molecule has 3 rings (SSSR count). The molecule has 0 spiro atoms. The van der Waals surface area contributed by atoms with E-state index >= 15 is 0 Å². The van der Waals surface area contributed by atoms with Gasteiger partial charge in [0.25, 0.3) is 5.91 Å². The number of carbonyl (C=O) groups excluding carboxylic acids is 1. The van der Waals surface area contributed by atoms with Crippen LogP contribution in [0.5, 0.6) is 0 Å². The molecule has 1 aromatic carbocycles. The summed E-state index contributed by atoms with van der Waals surface area (Å²) >= 11 is 1.45. The molecule has 6 heteroatoms. The zero-order chi connectivity index (χ0) is 16.6. The zero-order valence-corrected chi connectivity index (χ0v) is 14.4. The standard InChI is InChI=1S/C17H20N4OS/c1-4-20(5-2)16(22)15-11(3)21-10-14(19-17(21)23-15)12-6-8-13(18)9-7-12/h6-10H,4-5,18H2,1-3H3. The Bertz CT molecular complexity index is 843. The van der Waals surface area contributed by atoms with Crippen LogP contribution in [-0.4, -0.2) is 33.3 Å². The molecule has 0 atom stereocenters. The van der Waals surface area contributed by atoms with Crippen molar-refractivity contribution in [2.24, 2.45) is 0 Å². The van der Waals surface area contributed by atoms with Crippen molar-refractivity contribution in [3.05, 3.63) is 41.0 Å². The van der Waals surface area contributed by atoms with Gasteiger partial charge in [-0.3, -0.25) is 9.20 Å². The van der Waals surface area contributed by atoms with Crippen LogP contribution in [-0.2, 0) is 0 Å². The average Bonchev–Trinajstić information content (AvgIpc) is 3.09. The second kappa shape index (κ2) is 6.04. The lowest BCUT2D eigenvalue weighted by atomic mass is 10.1. The van der Waals surface area contributed by atoms with Crippen LogP contribution in [0.4, 0.5) is 5.69 Å². The lowest BCUT2D eigenvalue weighted by Crippen LogP contribution is -2.30. The number of nitrogen functional groups attached to an aromatic ring is 1. The Morgan fingerprint density at radius 1 is 1.26 bits per heavy atom. The van der Waals surface area contributed by atoms with E-state index < -0.39 is 0 Å². The Morgan fingerprint density at radius 2 is 1.91 bits per heavy atom. The van der Waals surface area contributed by atoms with E-state index in [4.69, 9.17) is 5.73 Å². The van der Waals surface area contributed by atoms with Crippen molar-refractivity contribution in [2.45, 2.75) is 20.8 Å². The van der Waals surface area contributed by atoms with Gasteiger partial charge in [0.15, 0.2) is 4.96 Å². The Labute approximate surface area is 139 Å². The Kier molecular flexibility index (Phi) is 4.09. The number of rotatable bonds is 4. The Balaban J connectivity index is 2.00. The summed E-state index contributed by atoms with van der Waals surface area (Å²) < 4.78 is 1.99. The van der Waals surface area contributed by atoms with Crippen LogP contribution in [0.15, 0.2) is 30.5 Å². The van der Waals surface area contributed by atoms with Crippen LogP contribution in [0.2, 0.25) is 0 Å². The van der Waals surface area contributed by atoms with E-state index in [2.05, 4.69) is 4.98 Å². The van der Waals surface area contributed by atoms with Gasteiger partial charge in [-0.1, -0.05) is 23.5 Å². The van der Waals surface area contributed by atoms with Crippen LogP contribution < -0.4 is 5.73 Å². The summed E-state index contributed by atoms with van der Waals surface area (Å²) in [5.41, 5.74) is 9.31. The highest BCUT2D eigenvalue weighted by Gasteiger charge is 2.21. The molecular formula is C17H20N4OS. The van der Waals surface area contributed by atoms with Gasteiger partial charge in [-0.25, -0.2) is 4.98 Å². The highest BCUT2D eigenvalue weighted by atomic mass is 32.1. The molecule has 0 fully saturated rings. The summed E-state index contributed by atoms with van der Waals surface area (Å²) in [4.78, 5) is 20.7. The van der Waals surface area contributed by atoms with Crippen molar-refractivity contribution in [1.29, 1.82) is 0 Å². The van der Waals surface area contributed by atoms with Crippen LogP contribution >= 0.6 is 11.3 Å². The summed E-state index contributed by atoms with van der Waals surface area (Å²) in [5, 5.41) is 0. The second-order valence-corrected chi connectivity index (χ2v) is 6.37. The number of hydrogen-bond donors (Lipinski definition) is 1. The number of aryl methyl sites for hydroxylation is 1. The van der Waals surface area contributed by atoms with Gasteiger partial charge in [0, 0.05) is 36.2 Å². The van der Waals surface area contributed by atoms with Gasteiger partial charge in [0.05, 0.1) is 5.69 Å². The van der Waals surface area contributed by atoms with Crippen molar-refractivity contribution in [3.8, 4) is 11.3 Å². The van der Waals surface area contributed by atoms with Gasteiger partial charge in [-0.15, -0.1) is 0 Å². The molecule has 0 aliphatic rings. The molecule has 3 aromatic rings. The molecule has 0 aliphatic heterocycles. The molecule has 0 saturated carbocycles. The smallest absolute Gasteiger partial charge is 0.265 e. The lowest BCUT2D eigenvalue weighted by Gasteiger charge is -2.17. The molecule has 0 aliphatic carbocycles. The third-order valence-electron chi connectivity index (χ3n) is 4.01. The van der Waals surface area contributed by atoms with Gasteiger partial charge < -0.3 is 10.6 Å². The van der Waals surface area contributed by atoms with Crippen LogP contribution in [0.3, 0.4) is 0 Å². The Morgan fingerprint density at radius 3 is 2.48 bits per heavy atom. The molecular weight excluding hydrogens is 308 g/mol. The molecule has 2 heterocycles. The first-order valence-electron chi connectivity index (χ1n) is 7.68. The second-order valence-electron chi connectivity index (χ2n) is 5.39. The molecule has 0 saturated heterocycles. The van der Waals surface area contributed by atoms with Crippen molar-refractivity contribution in [1.82, 2.24) is 14.3 Å². The molecule has 0 radical (unpaired) electrons. The maximum absolute atomic E-state index is 12.6. The summed E-state index contributed by atoms with van der Waals surface area (Å²) in [6.45, 7) is 7.38. The van der Waals surface area contributed by atoms with E-state index in [9.17, 15) is 4.79 Å². The minimum atomic E-state index is 0.0806. The van der Waals surface area contributed by atoms with E-state index in [1.807, 2.05) is 60.5 Å². The number of carbonyl (C=O) groups is 1. The first-order valence-corrected chi connectivity index (χ1v) is 8.50. The summed E-state index contributed by atoms with van der Waals surface area (Å²) in [6.07, 6.45) is 1.98. The minimum Gasteiger partial charge on any atom is -0.399 e. The highest BCUT2D eigenvalue weighted by molar-refractivity contribution is 7.19. The van der Waals surface area contributed by atoms with Gasteiger partial charge in [0.2, 0.25) is 0 Å². The lowest BCUT2D eigenvalue weighted by molar-refractivity contribution is 0.0776. The largest absolute Gasteiger partial charge is 0.399 e. The first kappa shape index (κ1) is 15.6. The monoisotopic (exact) mass is 328 g/mol. The molecule has 5 nitrogen and oxygen atoms in total. The number of thiazole rings is 1. The number of nitrogens with zero attached hydrogens (tertiary/aromatic N) is 3. The predicted octanol–water partition coefficient (Wildman–Crippen LogP) is 3.44. The summed E-state index contributed by atoms with van der Waals surface area (Å²) in [6, 6.07) is 7.65. The maximum atomic E-state index is 12.6. The molecule has 0 unspecified atom stereocenters. The number of anilines is 1. The number of fused-ring (bicyclic) bond motifs is 1. The van der Waals surface area contributed by atoms with Gasteiger partial charge in [-0.2, -0.15) is 0 Å². The van der Waals surface area contributed by atoms with Crippen molar-refractivity contribution < 1.29 is 4.79 Å². The first-order chi connectivity index (χ1) is 11.0. The van der Waals surface area contributed by atoms with E-state index in [1.165, 1.54) is 11.3 Å². The summed E-state index contributed by atoms with van der Waals surface area (Å²) in [5.74, 6) is 0.0806. The number of nitrogens with two attached hydrogens (primary N) is 1. The fourth-order valence-corrected chi connectivity index (χ4v) is 3.67. The topological polar surface area (TPSA) is 63.6 Å². The van der Waals surface area contributed by atoms with Crippen LogP contribution in [0.1, 0.15) is 29.2 Å². The number of benzene rings is 1. The van der Waals surface area contributed by atoms with E-state index in [-0.39, 0.29) is 5.91 Å². The molecule has 2 N–H and O–H groups in total. The quantitative estimate of drug-likeness (QED) is 0.746. The van der Waals surface area contributed by atoms with Crippen molar-refractivity contribution >= 4 is 27.9 Å². The van der Waals surface area contributed by atoms with Gasteiger partial charge in [0.1, 0.15) is 4.88 Å². The van der Waals surface area contributed by atoms with Gasteiger partial charge in [-0.05, 0) is 32.9 Å². The third kappa shape index (κ3) is 2.70. The highest BCUT2D eigenvalue weighted by Crippen LogP contribution is 2.28. The number of aromatic nitrogens is 2. The number of hydrogen-bond acceptors (Lipinski definition) is 4. The molecule has 120 valence electrons. The number of amides is 1. The van der Waals surface area contributed by atoms with E-state index in [1.54, 1.807) is 0 Å². The maximum Gasteiger partial charge on any atom is 0.265 e. The molecule has 1 amide bonds. The number of imidazole rings is 1. The summed E-state index contributed by atoms with van der Waals surface area (Å²) in [7, 11) is 0. The van der Waals surface area contributed by atoms with E-state index in [0.29, 0.717) is 13.1 Å². The molecule has 23 heavy (non-hydrogen) atoms. The molecule has 2 aromatic heterocycles. The predicted molar refractivity (Wildman–Crippen MR) is 94.9 cm³/mol.